The number of carbonyl (C=O) groups excluding carboxylic acids is 3. The Morgan fingerprint density at radius 1 is 1.15 bits per heavy atom. The van der Waals surface area contributed by atoms with Gasteiger partial charge in [0.2, 0.25) is 17.7 Å². The van der Waals surface area contributed by atoms with E-state index in [2.05, 4.69) is 20.6 Å². The molecule has 3 aromatic rings. The topological polar surface area (TPSA) is 139 Å². The third-order valence-electron chi connectivity index (χ3n) is 7.81. The van der Waals surface area contributed by atoms with Gasteiger partial charge in [-0.1, -0.05) is 17.3 Å². The highest BCUT2D eigenvalue weighted by Crippen LogP contribution is 2.28. The molecule has 2 fully saturated rings. The van der Waals surface area contributed by atoms with E-state index >= 15 is 0 Å². The highest BCUT2D eigenvalue weighted by atomic mass is 16.2. The number of aryl methyl sites for hydroxylation is 1. The molecule has 206 valence electrons. The Kier molecular flexibility index (Phi) is 8.16. The molecule has 1 aromatic carbocycles. The molecule has 11 heteroatoms. The maximum Gasteiger partial charge on any atom is 0.243 e. The van der Waals surface area contributed by atoms with Gasteiger partial charge in [0, 0.05) is 52.0 Å². The van der Waals surface area contributed by atoms with Gasteiger partial charge in [-0.15, -0.1) is 5.10 Å². The Bertz CT molecular complexity index is 1320. The number of pyridine rings is 1. The first-order valence-electron chi connectivity index (χ1n) is 13.7. The first-order valence-corrected chi connectivity index (χ1v) is 13.7. The molecule has 11 nitrogen and oxygen atoms in total. The van der Waals surface area contributed by atoms with E-state index in [1.807, 2.05) is 48.5 Å². The van der Waals surface area contributed by atoms with E-state index in [9.17, 15) is 14.4 Å². The van der Waals surface area contributed by atoms with Gasteiger partial charge in [0.1, 0.15) is 11.6 Å². The third-order valence-corrected chi connectivity index (χ3v) is 7.81. The van der Waals surface area contributed by atoms with E-state index < -0.39 is 12.1 Å². The minimum absolute atomic E-state index is 0.0426. The zero-order valence-corrected chi connectivity index (χ0v) is 22.3. The molecule has 2 aliphatic heterocycles. The van der Waals surface area contributed by atoms with Gasteiger partial charge in [-0.05, 0) is 67.3 Å². The van der Waals surface area contributed by atoms with Crippen LogP contribution in [0.3, 0.4) is 0 Å². The molecule has 2 aliphatic rings. The summed E-state index contributed by atoms with van der Waals surface area (Å²) < 4.78 is 1.70. The highest BCUT2D eigenvalue weighted by Gasteiger charge is 2.41. The number of hydrogen-bond donors (Lipinski definition) is 2. The summed E-state index contributed by atoms with van der Waals surface area (Å²) in [5.74, 6) is -0.347. The lowest BCUT2D eigenvalue weighted by Crippen LogP contribution is -2.51. The summed E-state index contributed by atoms with van der Waals surface area (Å²) in [6, 6.07) is 8.20. The molecule has 1 unspecified atom stereocenters. The van der Waals surface area contributed by atoms with Crippen LogP contribution in [0.15, 0.2) is 42.7 Å². The van der Waals surface area contributed by atoms with Crippen LogP contribution < -0.4 is 11.1 Å². The number of hydrogen-bond acceptors (Lipinski definition) is 7. The van der Waals surface area contributed by atoms with Gasteiger partial charge in [-0.3, -0.25) is 19.4 Å². The molecule has 0 spiro atoms. The average molecular weight is 533 g/mol. The van der Waals surface area contributed by atoms with Crippen LogP contribution in [0.4, 0.5) is 0 Å². The predicted octanol–water partition coefficient (Wildman–Crippen LogP) is 1.17. The van der Waals surface area contributed by atoms with Gasteiger partial charge in [-0.25, -0.2) is 4.68 Å². The monoisotopic (exact) mass is 532 g/mol. The van der Waals surface area contributed by atoms with Crippen LogP contribution in [0.2, 0.25) is 0 Å². The summed E-state index contributed by atoms with van der Waals surface area (Å²) in [7, 11) is 1.83. The molecular formula is C28H36N8O3. The van der Waals surface area contributed by atoms with Crippen molar-refractivity contribution in [3.8, 4) is 0 Å². The van der Waals surface area contributed by atoms with Crippen LogP contribution in [0, 0.1) is 5.92 Å². The number of nitrogens with zero attached hydrogens (tertiary/aromatic N) is 6. The quantitative estimate of drug-likeness (QED) is 0.422. The average Bonchev–Trinajstić information content (AvgIpc) is 3.71. The summed E-state index contributed by atoms with van der Waals surface area (Å²) in [5.41, 5.74) is 9.94. The standard InChI is InChI=1S/C28H36N8O3/c1-34-24-8-6-20(14-23(24)32-33-34)17-31-27(38)25-15-21(13-19-5-4-10-30-16-19)18-36(25)28(39)22(29)7-9-26(37)35-11-2-3-12-35/h4-6,8,10,14,16,21-22,25H,2-3,7,9,11-13,15,17-18,29H2,1H3,(H,31,38)/t21?,22-,25+/m1/s1. The Morgan fingerprint density at radius 2 is 1.97 bits per heavy atom. The van der Waals surface area contributed by atoms with Crippen molar-refractivity contribution in [1.29, 1.82) is 0 Å². The number of fused-ring (bicyclic) bond motifs is 1. The van der Waals surface area contributed by atoms with Gasteiger partial charge in [0.15, 0.2) is 0 Å². The van der Waals surface area contributed by atoms with Gasteiger partial charge < -0.3 is 20.9 Å². The van der Waals surface area contributed by atoms with Crippen molar-refractivity contribution in [2.75, 3.05) is 19.6 Å². The van der Waals surface area contributed by atoms with Crippen molar-refractivity contribution < 1.29 is 14.4 Å². The molecule has 4 heterocycles. The number of carbonyl (C=O) groups is 3. The molecule has 39 heavy (non-hydrogen) atoms. The normalized spacial score (nSPS) is 19.9. The number of likely N-dealkylation sites (tertiary alicyclic amines) is 2. The molecule has 5 rings (SSSR count). The zero-order valence-electron chi connectivity index (χ0n) is 22.3. The lowest BCUT2D eigenvalue weighted by atomic mass is 9.97. The second-order valence-electron chi connectivity index (χ2n) is 10.7. The van der Waals surface area contributed by atoms with Crippen LogP contribution in [0.25, 0.3) is 11.0 Å². The Labute approximate surface area is 227 Å². The molecule has 0 saturated carbocycles. The van der Waals surface area contributed by atoms with Crippen molar-refractivity contribution in [2.45, 2.75) is 57.2 Å². The second-order valence-corrected chi connectivity index (χ2v) is 10.7. The lowest BCUT2D eigenvalue weighted by Gasteiger charge is -2.27. The third kappa shape index (κ3) is 6.25. The minimum Gasteiger partial charge on any atom is -0.350 e. The maximum absolute atomic E-state index is 13.5. The van der Waals surface area contributed by atoms with E-state index in [0.29, 0.717) is 25.9 Å². The number of nitrogens with two attached hydrogens (primary N) is 1. The van der Waals surface area contributed by atoms with Gasteiger partial charge in [0.05, 0.1) is 11.6 Å². The maximum atomic E-state index is 13.5. The van der Waals surface area contributed by atoms with E-state index in [-0.39, 0.29) is 36.5 Å². The molecular weight excluding hydrogens is 496 g/mol. The van der Waals surface area contributed by atoms with Crippen molar-refractivity contribution in [1.82, 2.24) is 35.1 Å². The fraction of sp³-hybridized carbons (Fsp3) is 0.500. The van der Waals surface area contributed by atoms with Gasteiger partial charge in [-0.2, -0.15) is 0 Å². The Hall–Kier alpha value is -3.86. The van der Waals surface area contributed by atoms with Crippen molar-refractivity contribution in [3.05, 3.63) is 53.9 Å². The van der Waals surface area contributed by atoms with E-state index in [1.54, 1.807) is 15.8 Å². The number of amides is 3. The summed E-state index contributed by atoms with van der Waals surface area (Å²) >= 11 is 0. The first kappa shape index (κ1) is 26.7. The molecule has 0 radical (unpaired) electrons. The Morgan fingerprint density at radius 3 is 2.74 bits per heavy atom. The zero-order chi connectivity index (χ0) is 27.4. The van der Waals surface area contributed by atoms with E-state index in [4.69, 9.17) is 5.73 Å². The second kappa shape index (κ2) is 11.9. The smallest absolute Gasteiger partial charge is 0.243 e. The molecule has 3 atom stereocenters. The minimum atomic E-state index is -0.831. The molecule has 3 N–H and O–H groups in total. The molecule has 2 aromatic heterocycles. The van der Waals surface area contributed by atoms with Crippen molar-refractivity contribution in [3.63, 3.8) is 0 Å². The van der Waals surface area contributed by atoms with Crippen molar-refractivity contribution >= 4 is 28.8 Å². The molecule has 0 aliphatic carbocycles. The van der Waals surface area contributed by atoms with Gasteiger partial charge in [0.25, 0.3) is 0 Å². The Balaban J connectivity index is 1.24. The number of nitrogens with one attached hydrogen (secondary N) is 1. The first-order chi connectivity index (χ1) is 18.9. The summed E-state index contributed by atoms with van der Waals surface area (Å²) in [4.78, 5) is 47.0. The highest BCUT2D eigenvalue weighted by molar-refractivity contribution is 5.90. The SMILES string of the molecule is Cn1nnc2cc(CNC(=O)[C@@H]3CC(Cc4cccnc4)CN3C(=O)[C@H](N)CCC(=O)N3CCCC3)ccc21. The number of aromatic nitrogens is 4. The van der Waals surface area contributed by atoms with Crippen LogP contribution >= 0.6 is 0 Å². The van der Waals surface area contributed by atoms with E-state index in [0.717, 1.165) is 48.1 Å². The molecule has 0 bridgehead atoms. The van der Waals surface area contributed by atoms with Crippen LogP contribution in [-0.4, -0.2) is 79.2 Å². The van der Waals surface area contributed by atoms with Crippen LogP contribution in [0.1, 0.15) is 43.2 Å². The van der Waals surface area contributed by atoms with Crippen LogP contribution in [0.5, 0.6) is 0 Å². The fourth-order valence-electron chi connectivity index (χ4n) is 5.66. The van der Waals surface area contributed by atoms with Crippen LogP contribution in [-0.2, 0) is 34.4 Å². The fourth-order valence-corrected chi connectivity index (χ4v) is 5.66. The van der Waals surface area contributed by atoms with E-state index in [1.165, 1.54) is 0 Å². The summed E-state index contributed by atoms with van der Waals surface area (Å²) in [6.07, 6.45) is 7.34. The number of benzene rings is 1. The van der Waals surface area contributed by atoms with Gasteiger partial charge >= 0.3 is 0 Å². The summed E-state index contributed by atoms with van der Waals surface area (Å²) in [6.45, 7) is 2.30. The van der Waals surface area contributed by atoms with Crippen molar-refractivity contribution in [2.24, 2.45) is 18.7 Å². The summed E-state index contributed by atoms with van der Waals surface area (Å²) in [5, 5.41) is 11.2. The lowest BCUT2D eigenvalue weighted by molar-refractivity contribution is -0.140. The molecule has 3 amide bonds. The largest absolute Gasteiger partial charge is 0.350 e. The molecule has 2 saturated heterocycles. The predicted molar refractivity (Wildman–Crippen MR) is 145 cm³/mol. The number of rotatable bonds is 9.